The second kappa shape index (κ2) is 9.25. The summed E-state index contributed by atoms with van der Waals surface area (Å²) in [4.78, 5) is 0. The number of fused-ring (bicyclic) bond motifs is 1. The zero-order chi connectivity index (χ0) is 27.4. The number of hydrogen-bond acceptors (Lipinski definition) is 1. The minimum atomic E-state index is -4.86. The van der Waals surface area contributed by atoms with Crippen molar-refractivity contribution in [3.8, 4) is 0 Å². The summed E-state index contributed by atoms with van der Waals surface area (Å²) in [6, 6.07) is 10.5. The molecule has 0 bridgehead atoms. The minimum absolute atomic E-state index is 0. The van der Waals surface area contributed by atoms with Gasteiger partial charge in [0.15, 0.2) is 0 Å². The third-order valence-corrected chi connectivity index (χ3v) is 3.71. The second-order valence-electron chi connectivity index (χ2n) is 5.48. The fourth-order valence-corrected chi connectivity index (χ4v) is 2.48. The van der Waals surface area contributed by atoms with Crippen molar-refractivity contribution in [2.75, 3.05) is 6.50 Å². The Labute approximate surface area is 178 Å². The highest BCUT2D eigenvalue weighted by molar-refractivity contribution is 5.86. The van der Waals surface area contributed by atoms with Crippen LogP contribution in [0.5, 0.6) is 0 Å². The number of nitrogens with one attached hydrogen (secondary N) is 1. The van der Waals surface area contributed by atoms with E-state index in [1.54, 1.807) is 24.3 Å². The average Bonchev–Trinajstić information content (AvgIpc) is 2.76. The van der Waals surface area contributed by atoms with Gasteiger partial charge in [-0.3, -0.25) is 0 Å². The SMILES string of the molecule is Cl.[2H]C([2H])(N[C@@]([2H])(c1cccc2ccccc12)C([2H])([2H])[2H])C([2H])([2H])C([2H])([2H])c1cccc(C(F)(F)F)c1. The molecule has 0 aliphatic heterocycles. The Kier molecular flexibility index (Phi) is 3.79. The average molecular weight is 404 g/mol. The molecule has 0 unspecified atom stereocenters. The monoisotopic (exact) mass is 403 g/mol. The Morgan fingerprint density at radius 3 is 2.59 bits per heavy atom. The van der Waals surface area contributed by atoms with E-state index in [2.05, 4.69) is 0 Å². The van der Waals surface area contributed by atoms with E-state index in [0.29, 0.717) is 17.5 Å². The van der Waals surface area contributed by atoms with Crippen LogP contribution >= 0.6 is 12.4 Å². The van der Waals surface area contributed by atoms with E-state index in [1.807, 2.05) is 5.32 Å². The van der Waals surface area contributed by atoms with Crippen molar-refractivity contribution in [3.63, 3.8) is 0 Å². The van der Waals surface area contributed by atoms with Crippen molar-refractivity contribution in [1.82, 2.24) is 5.32 Å². The lowest BCUT2D eigenvalue weighted by atomic mass is 9.99. The van der Waals surface area contributed by atoms with Gasteiger partial charge in [-0.25, -0.2) is 0 Å². The summed E-state index contributed by atoms with van der Waals surface area (Å²) in [7, 11) is 0. The van der Waals surface area contributed by atoms with Gasteiger partial charge in [0.1, 0.15) is 0 Å². The molecular weight excluding hydrogens is 371 g/mol. The summed E-state index contributed by atoms with van der Waals surface area (Å²) >= 11 is 0. The topological polar surface area (TPSA) is 12.0 Å². The third kappa shape index (κ3) is 5.47. The molecular formula is C22H23ClF3N. The van der Waals surface area contributed by atoms with Crippen molar-refractivity contribution in [2.45, 2.75) is 31.8 Å². The molecule has 0 saturated heterocycles. The minimum Gasteiger partial charge on any atom is -0.310 e. The maximum absolute atomic E-state index is 13.2. The maximum Gasteiger partial charge on any atom is 0.416 e. The van der Waals surface area contributed by atoms with Crippen LogP contribution in [-0.4, -0.2) is 6.50 Å². The van der Waals surface area contributed by atoms with Crippen LogP contribution in [-0.2, 0) is 12.5 Å². The molecule has 1 N–H and O–H groups in total. The molecule has 3 aromatic carbocycles. The largest absolute Gasteiger partial charge is 0.416 e. The van der Waals surface area contributed by atoms with Crippen LogP contribution in [0.1, 0.15) is 49.6 Å². The lowest BCUT2D eigenvalue weighted by Crippen LogP contribution is -2.20. The van der Waals surface area contributed by atoms with Gasteiger partial charge in [0.2, 0.25) is 0 Å². The molecule has 0 spiro atoms. The Morgan fingerprint density at radius 1 is 1.07 bits per heavy atom. The van der Waals surface area contributed by atoms with Crippen LogP contribution in [0.3, 0.4) is 0 Å². The highest BCUT2D eigenvalue weighted by atomic mass is 35.5. The molecule has 0 aromatic heterocycles. The van der Waals surface area contributed by atoms with Gasteiger partial charge in [0, 0.05) is 18.4 Å². The van der Waals surface area contributed by atoms with E-state index < -0.39 is 49.4 Å². The Hall–Kier alpha value is -2.04. The van der Waals surface area contributed by atoms with Gasteiger partial charge < -0.3 is 5.32 Å². The Bertz CT molecular complexity index is 1260. The van der Waals surface area contributed by atoms with Gasteiger partial charge >= 0.3 is 6.18 Å². The number of halogens is 4. The lowest BCUT2D eigenvalue weighted by molar-refractivity contribution is -0.137. The first kappa shape index (κ1) is 11.1. The van der Waals surface area contributed by atoms with Gasteiger partial charge in [-0.1, -0.05) is 60.7 Å². The quantitative estimate of drug-likeness (QED) is 0.491. The van der Waals surface area contributed by atoms with Crippen molar-refractivity contribution >= 4 is 23.2 Å². The van der Waals surface area contributed by atoms with Crippen LogP contribution in [0.15, 0.2) is 66.7 Å². The molecule has 0 saturated carbocycles. The highest BCUT2D eigenvalue weighted by Gasteiger charge is 2.30. The van der Waals surface area contributed by atoms with Crippen LogP contribution in [0.25, 0.3) is 10.8 Å². The summed E-state index contributed by atoms with van der Waals surface area (Å²) in [5.41, 5.74) is -2.27. The van der Waals surface area contributed by atoms with Crippen molar-refractivity contribution < 1.29 is 26.9 Å². The zero-order valence-electron chi connectivity index (χ0n) is 23.9. The molecule has 3 rings (SSSR count). The lowest BCUT2D eigenvalue weighted by Gasteiger charge is -2.17. The van der Waals surface area contributed by atoms with E-state index in [0.717, 1.165) is 12.1 Å². The van der Waals surface area contributed by atoms with Crippen LogP contribution in [0.2, 0.25) is 0 Å². The van der Waals surface area contributed by atoms with Crippen LogP contribution in [0.4, 0.5) is 13.2 Å². The van der Waals surface area contributed by atoms with E-state index in [1.165, 1.54) is 18.2 Å². The fraction of sp³-hybridized carbons (Fsp3) is 0.273. The third-order valence-electron chi connectivity index (χ3n) is 3.71. The molecule has 0 heterocycles. The fourth-order valence-electron chi connectivity index (χ4n) is 2.48. The van der Waals surface area contributed by atoms with E-state index >= 15 is 0 Å². The smallest absolute Gasteiger partial charge is 0.310 e. The molecule has 0 amide bonds. The first-order valence-electron chi connectivity index (χ1n) is 12.7. The van der Waals surface area contributed by atoms with Crippen molar-refractivity contribution in [2.24, 2.45) is 0 Å². The van der Waals surface area contributed by atoms with Gasteiger partial charge in [0.25, 0.3) is 0 Å². The Balaban J connectivity index is 0.00000481. The first-order chi connectivity index (χ1) is 16.3. The van der Waals surface area contributed by atoms with Crippen LogP contribution < -0.4 is 5.32 Å². The number of hydrogen-bond donors (Lipinski definition) is 1. The van der Waals surface area contributed by atoms with Gasteiger partial charge in [-0.05, 0) is 54.1 Å². The molecule has 0 aliphatic carbocycles. The Morgan fingerprint density at radius 2 is 1.81 bits per heavy atom. The molecule has 1 nitrogen and oxygen atoms in total. The van der Waals surface area contributed by atoms with Gasteiger partial charge in [0.05, 0.1) is 6.93 Å². The number of alkyl halides is 3. The molecule has 3 aromatic rings. The molecule has 5 heteroatoms. The number of rotatable bonds is 6. The standard InChI is InChI=1S/C22H22F3N.ClH/c1-16(20-13-5-10-18-9-2-3-12-21(18)20)26-14-6-8-17-7-4-11-19(15-17)22(23,24)25;/h2-5,7,9-13,15-16,26H,6,8,14H2,1H3;1H/t16-;/m1./s1/i1D3,6D2,8D2,14D2,16D;. The van der Waals surface area contributed by atoms with Gasteiger partial charge in [-0.2, -0.15) is 13.2 Å². The molecule has 27 heavy (non-hydrogen) atoms. The van der Waals surface area contributed by atoms with Crippen molar-refractivity contribution in [3.05, 3.63) is 83.4 Å². The van der Waals surface area contributed by atoms with E-state index in [-0.39, 0.29) is 23.4 Å². The van der Waals surface area contributed by atoms with Crippen molar-refractivity contribution in [1.29, 1.82) is 0 Å². The molecule has 0 aliphatic rings. The first-order valence-corrected chi connectivity index (χ1v) is 7.71. The predicted octanol–water partition coefficient (Wildman–Crippen LogP) is 6.56. The van der Waals surface area contributed by atoms with E-state index in [9.17, 15) is 13.2 Å². The zero-order valence-corrected chi connectivity index (χ0v) is 14.7. The summed E-state index contributed by atoms with van der Waals surface area (Å²) in [5.74, 6) is 0. The summed E-state index contributed by atoms with van der Waals surface area (Å²) in [5, 5.41) is 2.68. The molecule has 0 fully saturated rings. The normalized spacial score (nSPS) is 21.3. The highest BCUT2D eigenvalue weighted by Crippen LogP contribution is 2.29. The molecule has 0 radical (unpaired) electrons. The number of benzene rings is 3. The maximum atomic E-state index is 13.2. The predicted molar refractivity (Wildman–Crippen MR) is 107 cm³/mol. The molecule has 144 valence electrons. The molecule has 1 atom stereocenters. The summed E-state index contributed by atoms with van der Waals surface area (Å²) < 4.78 is 122. The summed E-state index contributed by atoms with van der Waals surface area (Å²) in [6.07, 6.45) is -11.9. The summed E-state index contributed by atoms with van der Waals surface area (Å²) in [6.45, 7) is -6.83. The number of aryl methyl sites for hydroxylation is 1. The van der Waals surface area contributed by atoms with Gasteiger partial charge in [-0.15, -0.1) is 12.4 Å². The van der Waals surface area contributed by atoms with E-state index in [4.69, 9.17) is 13.7 Å². The second-order valence-corrected chi connectivity index (χ2v) is 5.48. The van der Waals surface area contributed by atoms with Crippen LogP contribution in [0, 0.1) is 0 Å².